The Labute approximate surface area is 141 Å². The van der Waals surface area contributed by atoms with E-state index in [9.17, 15) is 4.79 Å². The lowest BCUT2D eigenvalue weighted by atomic mass is 10.1. The van der Waals surface area contributed by atoms with Gasteiger partial charge >= 0.3 is 5.43 Å². The molecular formula is C19H31ClO2. The molecule has 2 nitrogen and oxygen atoms in total. The predicted molar refractivity (Wildman–Crippen MR) is 96.5 cm³/mol. The molecule has 0 aromatic rings. The van der Waals surface area contributed by atoms with Crippen LogP contribution in [0.15, 0.2) is 36.5 Å². The van der Waals surface area contributed by atoms with Gasteiger partial charge in [0.2, 0.25) is 0 Å². The minimum Gasteiger partial charge on any atom is -0.454 e. The molecule has 0 saturated carbocycles. The molecule has 22 heavy (non-hydrogen) atoms. The largest absolute Gasteiger partial charge is 0.454 e. The molecule has 0 unspecified atom stereocenters. The molecule has 126 valence electrons. The average molecular weight is 327 g/mol. The highest BCUT2D eigenvalue weighted by molar-refractivity contribution is 6.61. The number of carbonyl (C=O) groups excluding carboxylic acids is 1. The molecule has 0 aliphatic rings. The first-order valence-electron chi connectivity index (χ1n) is 8.54. The summed E-state index contributed by atoms with van der Waals surface area (Å²) in [5, 5.41) is 0. The number of hydrogen-bond acceptors (Lipinski definition) is 2. The van der Waals surface area contributed by atoms with Crippen LogP contribution in [0.1, 0.15) is 71.1 Å². The summed E-state index contributed by atoms with van der Waals surface area (Å²) in [6, 6.07) is 0. The fourth-order valence-electron chi connectivity index (χ4n) is 2.05. The number of unbranched alkanes of at least 4 members (excludes halogenated alkanes) is 6. The average Bonchev–Trinajstić information content (AvgIpc) is 2.50. The van der Waals surface area contributed by atoms with Crippen LogP contribution < -0.4 is 0 Å². The van der Waals surface area contributed by atoms with Crippen molar-refractivity contribution < 1.29 is 9.53 Å². The molecule has 0 aliphatic carbocycles. The number of ether oxygens (including phenoxy) is 1. The van der Waals surface area contributed by atoms with Crippen LogP contribution in [0, 0.1) is 0 Å². The van der Waals surface area contributed by atoms with Gasteiger partial charge in [-0.15, -0.1) is 0 Å². The molecule has 0 bridgehead atoms. The van der Waals surface area contributed by atoms with Gasteiger partial charge in [-0.1, -0.05) is 69.1 Å². The fraction of sp³-hybridized carbons (Fsp3) is 0.632. The molecular weight excluding hydrogens is 296 g/mol. The summed E-state index contributed by atoms with van der Waals surface area (Å²) in [4.78, 5) is 10.3. The second kappa shape index (κ2) is 18.0. The van der Waals surface area contributed by atoms with Crippen LogP contribution in [-0.4, -0.2) is 12.0 Å². The molecule has 0 N–H and O–H groups in total. The molecule has 0 aromatic carbocycles. The van der Waals surface area contributed by atoms with Crippen molar-refractivity contribution in [2.75, 3.05) is 6.61 Å². The van der Waals surface area contributed by atoms with Crippen LogP contribution in [0.4, 0.5) is 4.79 Å². The first kappa shape index (κ1) is 21.0. The Hall–Kier alpha value is -1.02. The molecule has 0 saturated heterocycles. The number of hydrogen-bond donors (Lipinski definition) is 0. The monoisotopic (exact) mass is 326 g/mol. The van der Waals surface area contributed by atoms with E-state index < -0.39 is 5.43 Å². The summed E-state index contributed by atoms with van der Waals surface area (Å²) in [6.07, 6.45) is 24.8. The highest BCUT2D eigenvalue weighted by atomic mass is 35.5. The normalized spacial score (nSPS) is 11.9. The van der Waals surface area contributed by atoms with Gasteiger partial charge in [-0.2, -0.15) is 0 Å². The number of carbonyl (C=O) groups is 1. The zero-order valence-electron chi connectivity index (χ0n) is 13.9. The quantitative estimate of drug-likeness (QED) is 0.196. The van der Waals surface area contributed by atoms with E-state index in [1.165, 1.54) is 32.1 Å². The van der Waals surface area contributed by atoms with Crippen molar-refractivity contribution in [3.8, 4) is 0 Å². The Morgan fingerprint density at radius 1 is 0.818 bits per heavy atom. The van der Waals surface area contributed by atoms with Crippen molar-refractivity contribution >= 4 is 17.0 Å². The number of rotatable bonds is 14. The van der Waals surface area contributed by atoms with Crippen LogP contribution in [0.2, 0.25) is 0 Å². The van der Waals surface area contributed by atoms with Crippen molar-refractivity contribution in [1.82, 2.24) is 0 Å². The minimum atomic E-state index is -0.695. The summed E-state index contributed by atoms with van der Waals surface area (Å²) < 4.78 is 4.67. The van der Waals surface area contributed by atoms with Crippen LogP contribution in [0.25, 0.3) is 0 Å². The van der Waals surface area contributed by atoms with Gasteiger partial charge < -0.3 is 4.74 Å². The van der Waals surface area contributed by atoms with Crippen molar-refractivity contribution in [2.24, 2.45) is 0 Å². The van der Waals surface area contributed by atoms with Crippen molar-refractivity contribution in [2.45, 2.75) is 71.1 Å². The molecule has 3 heteroatoms. The van der Waals surface area contributed by atoms with E-state index in [1.54, 1.807) is 0 Å². The Kier molecular flexibility index (Phi) is 17.2. The molecule has 0 radical (unpaired) electrons. The van der Waals surface area contributed by atoms with E-state index in [1.807, 2.05) is 0 Å². The van der Waals surface area contributed by atoms with E-state index in [-0.39, 0.29) is 0 Å². The Balaban J connectivity index is 3.20. The van der Waals surface area contributed by atoms with E-state index in [0.29, 0.717) is 6.61 Å². The molecule has 0 spiro atoms. The van der Waals surface area contributed by atoms with Crippen LogP contribution in [0.5, 0.6) is 0 Å². The standard InChI is InChI=1S/C19H31ClO2/c1-2-3-4-5-6-7-8-9-10-11-12-13-14-15-16-17-18-22-19(20)21/h3-4,6-7,9-10H,2,5,8,11-18H2,1H3/b4-3-,7-6-,10-9-. The second-order valence-electron chi connectivity index (χ2n) is 5.29. The van der Waals surface area contributed by atoms with Crippen molar-refractivity contribution in [3.63, 3.8) is 0 Å². The smallest absolute Gasteiger partial charge is 0.403 e. The third-order valence-corrected chi connectivity index (χ3v) is 3.37. The van der Waals surface area contributed by atoms with E-state index in [0.717, 1.165) is 32.1 Å². The van der Waals surface area contributed by atoms with Crippen LogP contribution in [0.3, 0.4) is 0 Å². The van der Waals surface area contributed by atoms with Gasteiger partial charge in [-0.05, 0) is 38.5 Å². The fourth-order valence-corrected chi connectivity index (χ4v) is 2.13. The Morgan fingerprint density at radius 2 is 1.36 bits per heavy atom. The SMILES string of the molecule is CC/C=C\C/C=C\C/C=C\CCCCCCCCOC(=O)Cl. The second-order valence-corrected chi connectivity index (χ2v) is 5.60. The maximum atomic E-state index is 10.3. The highest BCUT2D eigenvalue weighted by Gasteiger charge is 1.95. The maximum Gasteiger partial charge on any atom is 0.403 e. The lowest BCUT2D eigenvalue weighted by Crippen LogP contribution is -1.96. The molecule has 0 aliphatic heterocycles. The number of halogens is 1. The lowest BCUT2D eigenvalue weighted by Gasteiger charge is -2.01. The van der Waals surface area contributed by atoms with Crippen molar-refractivity contribution in [3.05, 3.63) is 36.5 Å². The Bertz CT molecular complexity index is 332. The Morgan fingerprint density at radius 3 is 2.00 bits per heavy atom. The summed E-state index contributed by atoms with van der Waals surface area (Å²) in [5.41, 5.74) is -0.695. The van der Waals surface area contributed by atoms with E-state index >= 15 is 0 Å². The molecule has 0 amide bonds. The summed E-state index contributed by atoms with van der Waals surface area (Å²) in [6.45, 7) is 2.61. The highest BCUT2D eigenvalue weighted by Crippen LogP contribution is 2.08. The molecule has 0 rings (SSSR count). The summed E-state index contributed by atoms with van der Waals surface area (Å²) in [7, 11) is 0. The summed E-state index contributed by atoms with van der Waals surface area (Å²) >= 11 is 5.07. The third kappa shape index (κ3) is 19.0. The van der Waals surface area contributed by atoms with Gasteiger partial charge in [0.1, 0.15) is 0 Å². The van der Waals surface area contributed by atoms with Crippen LogP contribution >= 0.6 is 11.6 Å². The van der Waals surface area contributed by atoms with E-state index in [4.69, 9.17) is 11.6 Å². The molecule has 0 atom stereocenters. The molecule has 0 fully saturated rings. The number of allylic oxidation sites excluding steroid dienone is 6. The summed E-state index contributed by atoms with van der Waals surface area (Å²) in [5.74, 6) is 0. The van der Waals surface area contributed by atoms with E-state index in [2.05, 4.69) is 48.1 Å². The maximum absolute atomic E-state index is 10.3. The predicted octanol–water partition coefficient (Wildman–Crippen LogP) is 6.95. The van der Waals surface area contributed by atoms with Crippen molar-refractivity contribution in [1.29, 1.82) is 0 Å². The first-order valence-corrected chi connectivity index (χ1v) is 8.92. The third-order valence-electron chi connectivity index (χ3n) is 3.26. The zero-order chi connectivity index (χ0) is 16.3. The first-order chi connectivity index (χ1) is 10.8. The van der Waals surface area contributed by atoms with Gasteiger partial charge in [-0.3, -0.25) is 0 Å². The van der Waals surface area contributed by atoms with Gasteiger partial charge in [0.25, 0.3) is 0 Å². The van der Waals surface area contributed by atoms with Gasteiger partial charge in [-0.25, -0.2) is 4.79 Å². The minimum absolute atomic E-state index is 0.451. The lowest BCUT2D eigenvalue weighted by molar-refractivity contribution is 0.170. The topological polar surface area (TPSA) is 26.3 Å². The van der Waals surface area contributed by atoms with Gasteiger partial charge in [0, 0.05) is 11.6 Å². The molecule has 0 heterocycles. The zero-order valence-corrected chi connectivity index (χ0v) is 14.7. The van der Waals surface area contributed by atoms with Gasteiger partial charge in [0.15, 0.2) is 0 Å². The van der Waals surface area contributed by atoms with Gasteiger partial charge in [0.05, 0.1) is 6.61 Å². The van der Waals surface area contributed by atoms with Crippen LogP contribution in [-0.2, 0) is 4.74 Å². The molecule has 0 aromatic heterocycles.